The van der Waals surface area contributed by atoms with E-state index in [0.717, 1.165) is 12.1 Å². The van der Waals surface area contributed by atoms with Crippen molar-refractivity contribution in [3.63, 3.8) is 0 Å². The predicted octanol–water partition coefficient (Wildman–Crippen LogP) is 5.45. The number of Topliss-reactive ketones (excluding diaryl/α,β-unsaturated/α-hetero) is 1. The van der Waals surface area contributed by atoms with Gasteiger partial charge in [-0.3, -0.25) is 4.79 Å². The zero-order chi connectivity index (χ0) is 18.4. The van der Waals surface area contributed by atoms with Crippen molar-refractivity contribution in [2.24, 2.45) is 0 Å². The van der Waals surface area contributed by atoms with Gasteiger partial charge >= 0.3 is 0 Å². The molecule has 0 heterocycles. The lowest BCUT2D eigenvalue weighted by atomic mass is 9.96. The van der Waals surface area contributed by atoms with E-state index in [2.05, 4.69) is 55.7 Å². The molecule has 0 saturated heterocycles. The molecule has 0 aliphatic rings. The largest absolute Gasteiger partial charge is 0.356 e. The summed E-state index contributed by atoms with van der Waals surface area (Å²) >= 11 is 5.40. The fourth-order valence-electron chi connectivity index (χ4n) is 2.61. The van der Waals surface area contributed by atoms with Crippen LogP contribution in [0.5, 0.6) is 0 Å². The lowest BCUT2D eigenvalue weighted by molar-refractivity contribution is 0.101. The molecule has 2 unspecified atom stereocenters. The molecule has 2 aromatic rings. The quantitative estimate of drug-likeness (QED) is 0.534. The molecule has 2 N–H and O–H groups in total. The highest BCUT2D eigenvalue weighted by molar-refractivity contribution is 7.80. The van der Waals surface area contributed by atoms with Crippen LogP contribution in [0.3, 0.4) is 0 Å². The van der Waals surface area contributed by atoms with Gasteiger partial charge in [0.2, 0.25) is 0 Å². The summed E-state index contributed by atoms with van der Waals surface area (Å²) in [5.74, 6) is 0.617. The zero-order valence-corrected chi connectivity index (χ0v) is 16.1. The van der Waals surface area contributed by atoms with Gasteiger partial charge in [-0.15, -0.1) is 0 Å². The number of rotatable bonds is 6. The first-order valence-electron chi connectivity index (χ1n) is 8.69. The lowest BCUT2D eigenvalue weighted by Crippen LogP contribution is -2.30. The second-order valence-corrected chi connectivity index (χ2v) is 6.84. The van der Waals surface area contributed by atoms with Gasteiger partial charge in [0.1, 0.15) is 0 Å². The maximum atomic E-state index is 11.5. The van der Waals surface area contributed by atoms with Crippen LogP contribution in [0.4, 0.5) is 5.69 Å². The summed E-state index contributed by atoms with van der Waals surface area (Å²) in [7, 11) is 0. The number of ketones is 1. The van der Waals surface area contributed by atoms with Crippen LogP contribution in [0, 0.1) is 0 Å². The molecule has 0 aromatic heterocycles. The number of anilines is 1. The highest BCUT2D eigenvalue weighted by atomic mass is 32.1. The van der Waals surface area contributed by atoms with Crippen LogP contribution in [-0.2, 0) is 0 Å². The molecule has 0 aliphatic carbocycles. The topological polar surface area (TPSA) is 41.1 Å². The highest BCUT2D eigenvalue weighted by Gasteiger charge is 2.09. The first kappa shape index (κ1) is 19.1. The average molecular weight is 355 g/mol. The third kappa shape index (κ3) is 5.40. The molecule has 0 fully saturated rings. The van der Waals surface area contributed by atoms with Crippen LogP contribution in [0.25, 0.3) is 0 Å². The Kier molecular flexibility index (Phi) is 6.71. The van der Waals surface area contributed by atoms with E-state index in [1.165, 1.54) is 11.1 Å². The standard InChI is InChI=1S/C21H26N2OS/c1-5-14(2)17-9-11-18(12-10-17)15(3)22-21(25)23-20-8-6-7-19(13-20)16(4)24/h6-15H,5H2,1-4H3,(H2,22,23,25). The van der Waals surface area contributed by atoms with Crippen molar-refractivity contribution in [1.29, 1.82) is 0 Å². The number of thiocarbonyl (C=S) groups is 1. The molecule has 0 bridgehead atoms. The number of carbonyl (C=O) groups excluding carboxylic acids is 1. The molecule has 2 atom stereocenters. The van der Waals surface area contributed by atoms with E-state index >= 15 is 0 Å². The van der Waals surface area contributed by atoms with Gasteiger partial charge in [0.15, 0.2) is 10.9 Å². The number of benzene rings is 2. The second-order valence-electron chi connectivity index (χ2n) is 6.43. The molecule has 0 saturated carbocycles. The van der Waals surface area contributed by atoms with Crippen molar-refractivity contribution < 1.29 is 4.79 Å². The molecule has 0 radical (unpaired) electrons. The van der Waals surface area contributed by atoms with Gasteiger partial charge in [0.25, 0.3) is 0 Å². The van der Waals surface area contributed by atoms with Crippen molar-refractivity contribution in [2.75, 3.05) is 5.32 Å². The van der Waals surface area contributed by atoms with Gasteiger partial charge in [0, 0.05) is 11.3 Å². The molecule has 2 rings (SSSR count). The summed E-state index contributed by atoms with van der Waals surface area (Å²) in [6.07, 6.45) is 1.14. The number of hydrogen-bond acceptors (Lipinski definition) is 2. The Labute approximate surface area is 155 Å². The van der Waals surface area contributed by atoms with E-state index in [0.29, 0.717) is 16.6 Å². The number of nitrogens with one attached hydrogen (secondary N) is 2. The summed E-state index contributed by atoms with van der Waals surface area (Å²) in [5.41, 5.74) is 4.03. The molecule has 0 aliphatic heterocycles. The zero-order valence-electron chi connectivity index (χ0n) is 15.3. The van der Waals surface area contributed by atoms with Crippen molar-refractivity contribution in [2.45, 2.75) is 46.1 Å². The van der Waals surface area contributed by atoms with Gasteiger partial charge in [-0.05, 0) is 61.7 Å². The first-order chi connectivity index (χ1) is 11.9. The van der Waals surface area contributed by atoms with E-state index in [1.807, 2.05) is 18.2 Å². The molecule has 132 valence electrons. The van der Waals surface area contributed by atoms with Crippen molar-refractivity contribution in [1.82, 2.24) is 5.32 Å². The van der Waals surface area contributed by atoms with Crippen molar-refractivity contribution >= 4 is 28.8 Å². The maximum Gasteiger partial charge on any atom is 0.171 e. The second kappa shape index (κ2) is 8.77. The van der Waals surface area contributed by atoms with Crippen LogP contribution >= 0.6 is 12.2 Å². The summed E-state index contributed by atoms with van der Waals surface area (Å²) in [5, 5.41) is 6.98. The van der Waals surface area contributed by atoms with Gasteiger partial charge in [-0.25, -0.2) is 0 Å². The smallest absolute Gasteiger partial charge is 0.171 e. The summed E-state index contributed by atoms with van der Waals surface area (Å²) in [6.45, 7) is 8.08. The summed E-state index contributed by atoms with van der Waals surface area (Å²) < 4.78 is 0. The van der Waals surface area contributed by atoms with E-state index in [9.17, 15) is 4.79 Å². The SMILES string of the molecule is CCC(C)c1ccc(C(C)NC(=S)Nc2cccc(C(C)=O)c2)cc1. The molecule has 0 spiro atoms. The van der Waals surface area contributed by atoms with E-state index in [-0.39, 0.29) is 11.8 Å². The number of carbonyl (C=O) groups is 1. The van der Waals surface area contributed by atoms with Gasteiger partial charge in [-0.1, -0.05) is 50.2 Å². The van der Waals surface area contributed by atoms with E-state index < -0.39 is 0 Å². The van der Waals surface area contributed by atoms with Crippen LogP contribution < -0.4 is 10.6 Å². The lowest BCUT2D eigenvalue weighted by Gasteiger charge is -2.18. The van der Waals surface area contributed by atoms with Gasteiger partial charge < -0.3 is 10.6 Å². The Balaban J connectivity index is 1.98. The fraction of sp³-hybridized carbons (Fsp3) is 0.333. The van der Waals surface area contributed by atoms with Crippen LogP contribution in [0.1, 0.15) is 67.6 Å². The average Bonchev–Trinajstić information content (AvgIpc) is 2.61. The molecule has 25 heavy (non-hydrogen) atoms. The number of hydrogen-bond donors (Lipinski definition) is 2. The van der Waals surface area contributed by atoms with E-state index in [4.69, 9.17) is 12.2 Å². The molecular weight excluding hydrogens is 328 g/mol. The maximum absolute atomic E-state index is 11.5. The minimum Gasteiger partial charge on any atom is -0.356 e. The Morgan fingerprint density at radius 3 is 2.32 bits per heavy atom. The fourth-order valence-corrected chi connectivity index (χ4v) is 2.91. The molecular formula is C21H26N2OS. The Bertz CT molecular complexity index is 740. The van der Waals surface area contributed by atoms with Crippen molar-refractivity contribution in [3.05, 3.63) is 65.2 Å². The third-order valence-corrected chi connectivity index (χ3v) is 4.71. The van der Waals surface area contributed by atoms with Gasteiger partial charge in [-0.2, -0.15) is 0 Å². The minimum absolute atomic E-state index is 0.0392. The predicted molar refractivity (Wildman–Crippen MR) is 109 cm³/mol. The summed E-state index contributed by atoms with van der Waals surface area (Å²) in [4.78, 5) is 11.5. The molecule has 4 heteroatoms. The van der Waals surface area contributed by atoms with Crippen LogP contribution in [0.15, 0.2) is 48.5 Å². The molecule has 0 amide bonds. The van der Waals surface area contributed by atoms with Gasteiger partial charge in [0.05, 0.1) is 6.04 Å². The van der Waals surface area contributed by atoms with Crippen LogP contribution in [-0.4, -0.2) is 10.9 Å². The summed E-state index contributed by atoms with van der Waals surface area (Å²) in [6, 6.07) is 16.1. The normalized spacial score (nSPS) is 13.0. The third-order valence-electron chi connectivity index (χ3n) is 4.49. The monoisotopic (exact) mass is 354 g/mol. The Hall–Kier alpha value is -2.20. The Morgan fingerprint density at radius 2 is 1.72 bits per heavy atom. The van der Waals surface area contributed by atoms with Crippen molar-refractivity contribution in [3.8, 4) is 0 Å². The van der Waals surface area contributed by atoms with E-state index in [1.54, 1.807) is 13.0 Å². The molecule has 2 aromatic carbocycles. The minimum atomic E-state index is 0.0392. The highest BCUT2D eigenvalue weighted by Crippen LogP contribution is 2.21. The Morgan fingerprint density at radius 1 is 1.08 bits per heavy atom. The first-order valence-corrected chi connectivity index (χ1v) is 9.10. The molecule has 3 nitrogen and oxygen atoms in total. The van der Waals surface area contributed by atoms with Crippen LogP contribution in [0.2, 0.25) is 0 Å².